The van der Waals surface area contributed by atoms with E-state index in [1.54, 1.807) is 43.3 Å². The van der Waals surface area contributed by atoms with Gasteiger partial charge in [-0.05, 0) is 59.7 Å². The predicted molar refractivity (Wildman–Crippen MR) is 103 cm³/mol. The van der Waals surface area contributed by atoms with Crippen LogP contribution in [0.2, 0.25) is 0 Å². The fourth-order valence-electron chi connectivity index (χ4n) is 2.58. The van der Waals surface area contributed by atoms with E-state index in [0.717, 1.165) is 16.3 Å². The molecule has 134 valence electrons. The van der Waals surface area contributed by atoms with Gasteiger partial charge in [0.05, 0.1) is 11.3 Å². The lowest BCUT2D eigenvalue weighted by molar-refractivity contribution is 0.0952. The van der Waals surface area contributed by atoms with E-state index < -0.39 is 5.91 Å². The first-order valence-electron chi connectivity index (χ1n) is 8.25. The van der Waals surface area contributed by atoms with Crippen LogP contribution in [0.5, 0.6) is 11.5 Å². The van der Waals surface area contributed by atoms with Crippen LogP contribution in [0.25, 0.3) is 10.8 Å². The summed E-state index contributed by atoms with van der Waals surface area (Å²) in [6.07, 6.45) is 0. The van der Waals surface area contributed by atoms with E-state index in [9.17, 15) is 9.90 Å². The monoisotopic (exact) mass is 359 g/mol. The minimum absolute atomic E-state index is 0.0161. The predicted octanol–water partition coefficient (Wildman–Crippen LogP) is 3.60. The number of aromatic hydroxyl groups is 1. The quantitative estimate of drug-likeness (QED) is 0.537. The first-order chi connectivity index (χ1) is 13.1. The Morgan fingerprint density at radius 2 is 1.81 bits per heavy atom. The van der Waals surface area contributed by atoms with Gasteiger partial charge in [0, 0.05) is 0 Å². The molecule has 0 aliphatic carbocycles. The maximum atomic E-state index is 12.4. The normalized spacial score (nSPS) is 11.0. The van der Waals surface area contributed by atoms with Crippen LogP contribution in [0.4, 0.5) is 0 Å². The summed E-state index contributed by atoms with van der Waals surface area (Å²) in [5, 5.41) is 24.4. The number of hydrogen-bond acceptors (Lipinski definition) is 5. The Hall–Kier alpha value is -3.85. The van der Waals surface area contributed by atoms with Crippen molar-refractivity contribution in [2.75, 3.05) is 6.61 Å². The third-order valence-corrected chi connectivity index (χ3v) is 4.01. The molecule has 0 unspecified atom stereocenters. The molecule has 27 heavy (non-hydrogen) atoms. The summed E-state index contributed by atoms with van der Waals surface area (Å²) in [7, 11) is 0. The smallest absolute Gasteiger partial charge is 0.275 e. The van der Waals surface area contributed by atoms with E-state index >= 15 is 0 Å². The molecule has 1 amide bonds. The Morgan fingerprint density at radius 3 is 2.48 bits per heavy atom. The molecule has 6 nitrogen and oxygen atoms in total. The van der Waals surface area contributed by atoms with Gasteiger partial charge in [0.2, 0.25) is 0 Å². The minimum atomic E-state index is -0.494. The number of rotatable bonds is 5. The summed E-state index contributed by atoms with van der Waals surface area (Å²) in [6, 6.07) is 19.6. The SMILES string of the molecule is C/C(=N/NC(=O)c1cc2ccccc2cc1O)c1ccc(OCC#N)cc1. The van der Waals surface area contributed by atoms with Gasteiger partial charge in [-0.1, -0.05) is 24.3 Å². The van der Waals surface area contributed by atoms with Crippen LogP contribution in [0.15, 0.2) is 65.8 Å². The highest BCUT2D eigenvalue weighted by molar-refractivity contribution is 6.03. The highest BCUT2D eigenvalue weighted by atomic mass is 16.5. The number of benzene rings is 3. The Bertz CT molecular complexity index is 1050. The number of phenols is 1. The molecule has 3 rings (SSSR count). The minimum Gasteiger partial charge on any atom is -0.507 e. The molecule has 3 aromatic rings. The lowest BCUT2D eigenvalue weighted by Crippen LogP contribution is -2.19. The summed E-state index contributed by atoms with van der Waals surface area (Å²) in [5.74, 6) is -0.0113. The van der Waals surface area contributed by atoms with Crippen molar-refractivity contribution < 1.29 is 14.6 Å². The lowest BCUT2D eigenvalue weighted by atomic mass is 10.1. The number of phenolic OH excluding ortho intramolecular Hbond substituents is 1. The van der Waals surface area contributed by atoms with Crippen LogP contribution < -0.4 is 10.2 Å². The first kappa shape index (κ1) is 18.0. The van der Waals surface area contributed by atoms with Gasteiger partial charge in [0.25, 0.3) is 5.91 Å². The number of nitriles is 1. The molecule has 0 fully saturated rings. The van der Waals surface area contributed by atoms with E-state index in [4.69, 9.17) is 10.00 Å². The Morgan fingerprint density at radius 1 is 1.15 bits per heavy atom. The zero-order chi connectivity index (χ0) is 19.2. The Balaban J connectivity index is 1.74. The van der Waals surface area contributed by atoms with Gasteiger partial charge in [-0.25, -0.2) is 5.43 Å². The van der Waals surface area contributed by atoms with Gasteiger partial charge >= 0.3 is 0 Å². The van der Waals surface area contributed by atoms with E-state index in [2.05, 4.69) is 10.5 Å². The van der Waals surface area contributed by atoms with Crippen molar-refractivity contribution in [1.82, 2.24) is 5.43 Å². The van der Waals surface area contributed by atoms with E-state index in [-0.39, 0.29) is 17.9 Å². The van der Waals surface area contributed by atoms with Crippen LogP contribution in [-0.4, -0.2) is 23.3 Å². The van der Waals surface area contributed by atoms with Crippen molar-refractivity contribution in [1.29, 1.82) is 5.26 Å². The maximum absolute atomic E-state index is 12.4. The second kappa shape index (κ2) is 8.02. The highest BCUT2D eigenvalue weighted by Gasteiger charge is 2.12. The molecule has 0 bridgehead atoms. The molecule has 0 aliphatic heterocycles. The van der Waals surface area contributed by atoms with Crippen LogP contribution >= 0.6 is 0 Å². The Kier molecular flexibility index (Phi) is 5.33. The number of amides is 1. The third-order valence-electron chi connectivity index (χ3n) is 4.01. The molecular formula is C21H17N3O3. The van der Waals surface area contributed by atoms with Gasteiger partial charge in [0.15, 0.2) is 6.61 Å². The molecule has 0 heterocycles. The molecule has 0 aromatic heterocycles. The average molecular weight is 359 g/mol. The van der Waals surface area contributed by atoms with Gasteiger partial charge < -0.3 is 9.84 Å². The van der Waals surface area contributed by atoms with Crippen molar-refractivity contribution in [3.8, 4) is 17.6 Å². The number of nitrogens with zero attached hydrogens (tertiary/aromatic N) is 2. The number of fused-ring (bicyclic) bond motifs is 1. The first-order valence-corrected chi connectivity index (χ1v) is 8.25. The number of hydrazone groups is 1. The van der Waals surface area contributed by atoms with E-state index in [0.29, 0.717) is 11.5 Å². The van der Waals surface area contributed by atoms with E-state index in [1.165, 1.54) is 0 Å². The summed E-state index contributed by atoms with van der Waals surface area (Å²) < 4.78 is 5.20. The van der Waals surface area contributed by atoms with Crippen molar-refractivity contribution in [3.63, 3.8) is 0 Å². The standard InChI is InChI=1S/C21H17N3O3/c1-14(15-6-8-18(9-7-15)27-11-10-22)23-24-21(26)19-12-16-4-2-3-5-17(16)13-20(19)25/h2-9,12-13,25H,11H2,1H3,(H,24,26)/b23-14-. The van der Waals surface area contributed by atoms with E-state index in [1.807, 2.05) is 30.3 Å². The fourth-order valence-corrected chi connectivity index (χ4v) is 2.58. The molecule has 0 atom stereocenters. The molecule has 3 aromatic carbocycles. The average Bonchev–Trinajstić information content (AvgIpc) is 2.70. The van der Waals surface area contributed by atoms with Gasteiger partial charge in [0.1, 0.15) is 17.6 Å². The second-order valence-corrected chi connectivity index (χ2v) is 5.83. The third kappa shape index (κ3) is 4.22. The van der Waals surface area contributed by atoms with Crippen LogP contribution in [0.3, 0.4) is 0 Å². The zero-order valence-electron chi connectivity index (χ0n) is 14.6. The molecule has 6 heteroatoms. The summed E-state index contributed by atoms with van der Waals surface area (Å²) in [6.45, 7) is 1.74. The molecule has 0 aliphatic rings. The number of hydrogen-bond donors (Lipinski definition) is 2. The molecule has 0 saturated carbocycles. The molecule has 0 saturated heterocycles. The topological polar surface area (TPSA) is 94.7 Å². The summed E-state index contributed by atoms with van der Waals surface area (Å²) >= 11 is 0. The number of carbonyl (C=O) groups is 1. The number of carbonyl (C=O) groups excluding carboxylic acids is 1. The fraction of sp³-hybridized carbons (Fsp3) is 0.0952. The van der Waals surface area contributed by atoms with Crippen molar-refractivity contribution in [2.45, 2.75) is 6.92 Å². The van der Waals surface area contributed by atoms with Crippen LogP contribution in [-0.2, 0) is 0 Å². The molecule has 2 N–H and O–H groups in total. The summed E-state index contributed by atoms with van der Waals surface area (Å²) in [4.78, 5) is 12.4. The second-order valence-electron chi connectivity index (χ2n) is 5.83. The van der Waals surface area contributed by atoms with Crippen molar-refractivity contribution in [3.05, 3.63) is 71.8 Å². The Labute approximate surface area is 156 Å². The lowest BCUT2D eigenvalue weighted by Gasteiger charge is -2.07. The highest BCUT2D eigenvalue weighted by Crippen LogP contribution is 2.24. The maximum Gasteiger partial charge on any atom is 0.275 e. The molecular weight excluding hydrogens is 342 g/mol. The largest absolute Gasteiger partial charge is 0.507 e. The van der Waals surface area contributed by atoms with Gasteiger partial charge in [-0.2, -0.15) is 10.4 Å². The van der Waals surface area contributed by atoms with Gasteiger partial charge in [-0.15, -0.1) is 0 Å². The zero-order valence-corrected chi connectivity index (χ0v) is 14.6. The van der Waals surface area contributed by atoms with Crippen LogP contribution in [0, 0.1) is 11.3 Å². The summed E-state index contributed by atoms with van der Waals surface area (Å²) in [5.41, 5.74) is 4.01. The number of ether oxygens (including phenoxy) is 1. The van der Waals surface area contributed by atoms with Crippen LogP contribution in [0.1, 0.15) is 22.8 Å². The number of nitrogens with one attached hydrogen (secondary N) is 1. The van der Waals surface area contributed by atoms with Gasteiger partial charge in [-0.3, -0.25) is 4.79 Å². The molecule has 0 radical (unpaired) electrons. The molecule has 0 spiro atoms. The van der Waals surface area contributed by atoms with Crippen molar-refractivity contribution in [2.24, 2.45) is 5.10 Å². The van der Waals surface area contributed by atoms with Crippen molar-refractivity contribution >= 4 is 22.4 Å².